The fourth-order valence-corrected chi connectivity index (χ4v) is 1.17. The molecule has 0 fully saturated rings. The van der Waals surface area contributed by atoms with Crippen LogP contribution in [0.1, 0.15) is 23.7 Å². The largest absolute Gasteiger partial charge is 0.508 e. The molecule has 1 atom stereocenters. The van der Waals surface area contributed by atoms with E-state index in [2.05, 4.69) is 0 Å². The van der Waals surface area contributed by atoms with Gasteiger partial charge in [-0.25, -0.2) is 0 Å². The molecule has 0 radical (unpaired) electrons. The highest BCUT2D eigenvalue weighted by atomic mass is 16.3. The second kappa shape index (κ2) is 4.25. The quantitative estimate of drug-likeness (QED) is 0.656. The van der Waals surface area contributed by atoms with Crippen LogP contribution in [-0.2, 0) is 0 Å². The molecule has 1 aromatic rings. The van der Waals surface area contributed by atoms with Gasteiger partial charge in [0, 0.05) is 13.0 Å². The molecular weight excluding hydrogens is 168 g/mol. The van der Waals surface area contributed by atoms with Crippen LogP contribution in [0.5, 0.6) is 5.75 Å². The van der Waals surface area contributed by atoms with Gasteiger partial charge in [-0.05, 0) is 30.2 Å². The van der Waals surface area contributed by atoms with Crippen molar-refractivity contribution in [2.75, 3.05) is 6.61 Å². The number of phenolic OH excluding ortho intramolecular Hbond substituents is 1. The normalized spacial score (nSPS) is 12.8. The summed E-state index contributed by atoms with van der Waals surface area (Å²) in [5, 5.41) is 27.3. The molecule has 3 N–H and O–H groups in total. The highest BCUT2D eigenvalue weighted by Crippen LogP contribution is 2.22. The van der Waals surface area contributed by atoms with Crippen LogP contribution in [-0.4, -0.2) is 21.9 Å². The van der Waals surface area contributed by atoms with Crippen LogP contribution in [0.4, 0.5) is 0 Å². The molecule has 1 unspecified atom stereocenters. The Morgan fingerprint density at radius 1 is 1.38 bits per heavy atom. The zero-order valence-electron chi connectivity index (χ0n) is 7.57. The second-order valence-corrected chi connectivity index (χ2v) is 3.07. The SMILES string of the molecule is Cc1cc(C(O)CCO)ccc1O. The van der Waals surface area contributed by atoms with Crippen LogP contribution in [0.2, 0.25) is 0 Å². The van der Waals surface area contributed by atoms with Crippen LogP contribution in [0.3, 0.4) is 0 Å². The highest BCUT2D eigenvalue weighted by molar-refractivity contribution is 5.35. The monoisotopic (exact) mass is 182 g/mol. The van der Waals surface area contributed by atoms with Crippen LogP contribution in [0.25, 0.3) is 0 Å². The van der Waals surface area contributed by atoms with Crippen molar-refractivity contribution >= 4 is 0 Å². The molecule has 0 aliphatic heterocycles. The minimum Gasteiger partial charge on any atom is -0.508 e. The van der Waals surface area contributed by atoms with E-state index in [0.717, 1.165) is 11.1 Å². The average Bonchev–Trinajstić information content (AvgIpc) is 2.10. The Morgan fingerprint density at radius 2 is 2.08 bits per heavy atom. The lowest BCUT2D eigenvalue weighted by molar-refractivity contribution is 0.134. The van der Waals surface area contributed by atoms with Crippen molar-refractivity contribution in [3.63, 3.8) is 0 Å². The Kier molecular flexibility index (Phi) is 3.28. The zero-order valence-corrected chi connectivity index (χ0v) is 7.57. The Morgan fingerprint density at radius 3 is 2.62 bits per heavy atom. The van der Waals surface area contributed by atoms with Crippen molar-refractivity contribution in [3.8, 4) is 5.75 Å². The molecule has 13 heavy (non-hydrogen) atoms. The van der Waals surface area contributed by atoms with E-state index in [1.807, 2.05) is 0 Å². The Bertz CT molecular complexity index is 283. The maximum Gasteiger partial charge on any atom is 0.118 e. The van der Waals surface area contributed by atoms with Crippen molar-refractivity contribution in [1.82, 2.24) is 0 Å². The fraction of sp³-hybridized carbons (Fsp3) is 0.400. The first kappa shape index (κ1) is 10.0. The van der Waals surface area contributed by atoms with E-state index in [1.165, 1.54) is 0 Å². The Balaban J connectivity index is 2.84. The third-order valence-corrected chi connectivity index (χ3v) is 2.01. The predicted molar refractivity (Wildman–Crippen MR) is 49.5 cm³/mol. The first-order chi connectivity index (χ1) is 6.15. The van der Waals surface area contributed by atoms with Gasteiger partial charge >= 0.3 is 0 Å². The standard InChI is InChI=1S/C10H14O3/c1-7-6-8(2-3-9(7)12)10(13)4-5-11/h2-3,6,10-13H,4-5H2,1H3. The Hall–Kier alpha value is -1.06. The summed E-state index contributed by atoms with van der Waals surface area (Å²) >= 11 is 0. The van der Waals surface area contributed by atoms with E-state index < -0.39 is 6.10 Å². The van der Waals surface area contributed by atoms with Crippen LogP contribution < -0.4 is 0 Å². The molecule has 0 saturated carbocycles. The minimum absolute atomic E-state index is 0.0406. The first-order valence-corrected chi connectivity index (χ1v) is 4.23. The molecule has 0 aromatic heterocycles. The maximum atomic E-state index is 9.49. The van der Waals surface area contributed by atoms with Gasteiger partial charge in [0.2, 0.25) is 0 Å². The number of benzene rings is 1. The lowest BCUT2D eigenvalue weighted by atomic mass is 10.0. The van der Waals surface area contributed by atoms with Crippen LogP contribution in [0.15, 0.2) is 18.2 Å². The third kappa shape index (κ3) is 2.44. The predicted octanol–water partition coefficient (Wildman–Crippen LogP) is 1.12. The third-order valence-electron chi connectivity index (χ3n) is 2.01. The minimum atomic E-state index is -0.649. The first-order valence-electron chi connectivity index (χ1n) is 4.23. The number of rotatable bonds is 3. The van der Waals surface area contributed by atoms with E-state index in [-0.39, 0.29) is 12.4 Å². The van der Waals surface area contributed by atoms with E-state index >= 15 is 0 Å². The summed E-state index contributed by atoms with van der Waals surface area (Å²) in [6.45, 7) is 1.73. The summed E-state index contributed by atoms with van der Waals surface area (Å²) in [5.74, 6) is 0.222. The summed E-state index contributed by atoms with van der Waals surface area (Å²) in [4.78, 5) is 0. The summed E-state index contributed by atoms with van der Waals surface area (Å²) in [6, 6.07) is 4.92. The molecule has 0 heterocycles. The lowest BCUT2D eigenvalue weighted by Gasteiger charge is -2.10. The van der Waals surface area contributed by atoms with E-state index in [1.54, 1.807) is 25.1 Å². The molecule has 3 nitrogen and oxygen atoms in total. The summed E-state index contributed by atoms with van der Waals surface area (Å²) < 4.78 is 0. The van der Waals surface area contributed by atoms with Gasteiger partial charge in [0.15, 0.2) is 0 Å². The van der Waals surface area contributed by atoms with E-state index in [0.29, 0.717) is 6.42 Å². The van der Waals surface area contributed by atoms with E-state index in [4.69, 9.17) is 5.11 Å². The van der Waals surface area contributed by atoms with E-state index in [9.17, 15) is 10.2 Å². The molecule has 0 aliphatic carbocycles. The van der Waals surface area contributed by atoms with Crippen molar-refractivity contribution in [1.29, 1.82) is 0 Å². The van der Waals surface area contributed by atoms with Crippen LogP contribution >= 0.6 is 0 Å². The topological polar surface area (TPSA) is 60.7 Å². The second-order valence-electron chi connectivity index (χ2n) is 3.07. The van der Waals surface area contributed by atoms with Crippen LogP contribution in [0, 0.1) is 6.92 Å². The van der Waals surface area contributed by atoms with Gasteiger partial charge in [0.05, 0.1) is 6.10 Å². The van der Waals surface area contributed by atoms with Gasteiger partial charge in [-0.3, -0.25) is 0 Å². The van der Waals surface area contributed by atoms with Crippen molar-refractivity contribution in [3.05, 3.63) is 29.3 Å². The number of aliphatic hydroxyl groups excluding tert-OH is 2. The number of phenols is 1. The molecule has 72 valence electrons. The number of aliphatic hydroxyl groups is 2. The van der Waals surface area contributed by atoms with Gasteiger partial charge in [-0.1, -0.05) is 6.07 Å². The number of hydrogen-bond donors (Lipinski definition) is 3. The summed E-state index contributed by atoms with van der Waals surface area (Å²) in [7, 11) is 0. The van der Waals surface area contributed by atoms with Gasteiger partial charge in [-0.15, -0.1) is 0 Å². The number of aryl methyl sites for hydroxylation is 1. The average molecular weight is 182 g/mol. The molecule has 1 aromatic carbocycles. The smallest absolute Gasteiger partial charge is 0.118 e. The van der Waals surface area contributed by atoms with Gasteiger partial charge < -0.3 is 15.3 Å². The zero-order chi connectivity index (χ0) is 9.84. The molecular formula is C10H14O3. The van der Waals surface area contributed by atoms with Crippen molar-refractivity contribution in [2.45, 2.75) is 19.4 Å². The van der Waals surface area contributed by atoms with Gasteiger partial charge in [0.1, 0.15) is 5.75 Å². The molecule has 1 rings (SSSR count). The number of hydrogen-bond acceptors (Lipinski definition) is 3. The maximum absolute atomic E-state index is 9.49. The molecule has 0 saturated heterocycles. The van der Waals surface area contributed by atoms with Crippen molar-refractivity contribution in [2.24, 2.45) is 0 Å². The molecule has 0 bridgehead atoms. The van der Waals surface area contributed by atoms with Crippen molar-refractivity contribution < 1.29 is 15.3 Å². The molecule has 0 aliphatic rings. The molecule has 0 spiro atoms. The number of aromatic hydroxyl groups is 1. The molecule has 3 heteroatoms. The Labute approximate surface area is 77.3 Å². The van der Waals surface area contributed by atoms with Gasteiger partial charge in [-0.2, -0.15) is 0 Å². The highest BCUT2D eigenvalue weighted by Gasteiger charge is 2.07. The summed E-state index contributed by atoms with van der Waals surface area (Å²) in [5.41, 5.74) is 1.46. The fourth-order valence-electron chi connectivity index (χ4n) is 1.17. The lowest BCUT2D eigenvalue weighted by Crippen LogP contribution is -2.00. The summed E-state index contributed by atoms with van der Waals surface area (Å²) in [6.07, 6.45) is -0.325. The molecule has 0 amide bonds. The van der Waals surface area contributed by atoms with Gasteiger partial charge in [0.25, 0.3) is 0 Å².